The number of hydrogen-bond donors (Lipinski definition) is 3. The summed E-state index contributed by atoms with van der Waals surface area (Å²) < 4.78 is 1.59. The molecule has 2 aromatic rings. The number of nitrogens with two attached hydrogens (primary N) is 1. The van der Waals surface area contributed by atoms with E-state index in [1.807, 2.05) is 0 Å². The molecule has 1 unspecified atom stereocenters. The van der Waals surface area contributed by atoms with Gasteiger partial charge in [0.25, 0.3) is 0 Å². The molecule has 1 amide bonds. The van der Waals surface area contributed by atoms with Crippen molar-refractivity contribution < 1.29 is 4.79 Å². The van der Waals surface area contributed by atoms with Crippen molar-refractivity contribution in [2.75, 3.05) is 18.1 Å². The van der Waals surface area contributed by atoms with Gasteiger partial charge in [0.15, 0.2) is 0 Å². The van der Waals surface area contributed by atoms with Crippen molar-refractivity contribution in [3.63, 3.8) is 0 Å². The SMILES string of the molecule is CNC(=O)C(C)Nc1nc(N)nc(-n2ccnc2)n1. The van der Waals surface area contributed by atoms with E-state index in [2.05, 4.69) is 30.6 Å². The number of nitrogen functional groups attached to an aromatic ring is 1. The number of imidazole rings is 1. The van der Waals surface area contributed by atoms with Crippen molar-refractivity contribution in [1.29, 1.82) is 0 Å². The summed E-state index contributed by atoms with van der Waals surface area (Å²) >= 11 is 0. The van der Waals surface area contributed by atoms with Gasteiger partial charge in [-0.25, -0.2) is 4.98 Å². The number of carbonyl (C=O) groups excluding carboxylic acids is 1. The van der Waals surface area contributed by atoms with Crippen LogP contribution < -0.4 is 16.4 Å². The second-order valence-corrected chi connectivity index (χ2v) is 3.77. The highest BCUT2D eigenvalue weighted by atomic mass is 16.2. The summed E-state index contributed by atoms with van der Waals surface area (Å²) in [5.41, 5.74) is 5.61. The molecule has 0 spiro atoms. The molecule has 0 aliphatic carbocycles. The Balaban J connectivity index is 2.25. The summed E-state index contributed by atoms with van der Waals surface area (Å²) in [5.74, 6) is 0.442. The van der Waals surface area contributed by atoms with Crippen molar-refractivity contribution in [2.24, 2.45) is 0 Å². The largest absolute Gasteiger partial charge is 0.368 e. The molecule has 0 fully saturated rings. The molecule has 19 heavy (non-hydrogen) atoms. The highest BCUT2D eigenvalue weighted by molar-refractivity contribution is 5.83. The first-order valence-electron chi connectivity index (χ1n) is 5.58. The Morgan fingerprint density at radius 2 is 2.21 bits per heavy atom. The Hall–Kier alpha value is -2.71. The molecule has 9 nitrogen and oxygen atoms in total. The minimum Gasteiger partial charge on any atom is -0.368 e. The molecule has 0 aliphatic heterocycles. The third-order valence-electron chi connectivity index (χ3n) is 2.36. The molecule has 0 saturated carbocycles. The maximum atomic E-state index is 11.4. The summed E-state index contributed by atoms with van der Waals surface area (Å²) in [7, 11) is 1.55. The topological polar surface area (TPSA) is 124 Å². The summed E-state index contributed by atoms with van der Waals surface area (Å²) in [6.45, 7) is 1.69. The van der Waals surface area contributed by atoms with E-state index in [0.717, 1.165) is 0 Å². The standard InChI is InChI=1S/C10H14N8O/c1-6(7(19)12-2)14-9-15-8(11)16-10(17-9)18-4-3-13-5-18/h3-6H,1-2H3,(H,12,19)(H3,11,14,15,16,17). The maximum Gasteiger partial charge on any atom is 0.242 e. The number of nitrogens with zero attached hydrogens (tertiary/aromatic N) is 5. The summed E-state index contributed by atoms with van der Waals surface area (Å²) in [4.78, 5) is 27.4. The van der Waals surface area contributed by atoms with Crippen molar-refractivity contribution in [1.82, 2.24) is 29.8 Å². The van der Waals surface area contributed by atoms with Crippen LogP contribution in [0.15, 0.2) is 18.7 Å². The van der Waals surface area contributed by atoms with Gasteiger partial charge in [0.05, 0.1) is 0 Å². The van der Waals surface area contributed by atoms with Gasteiger partial charge in [-0.05, 0) is 6.92 Å². The number of aromatic nitrogens is 5. The molecule has 100 valence electrons. The van der Waals surface area contributed by atoms with Gasteiger partial charge in [0, 0.05) is 19.4 Å². The average molecular weight is 262 g/mol. The number of rotatable bonds is 4. The molecule has 2 aromatic heterocycles. The lowest BCUT2D eigenvalue weighted by Gasteiger charge is -2.12. The first kappa shape index (κ1) is 12.7. The molecule has 0 bridgehead atoms. The number of hydrogen-bond acceptors (Lipinski definition) is 7. The van der Waals surface area contributed by atoms with E-state index in [0.29, 0.717) is 5.95 Å². The average Bonchev–Trinajstić information content (AvgIpc) is 2.90. The van der Waals surface area contributed by atoms with Crippen LogP contribution in [-0.4, -0.2) is 43.5 Å². The predicted molar refractivity (Wildman–Crippen MR) is 68.5 cm³/mol. The highest BCUT2D eigenvalue weighted by Gasteiger charge is 2.13. The Morgan fingerprint density at radius 1 is 1.42 bits per heavy atom. The Labute approximate surface area is 109 Å². The van der Waals surface area contributed by atoms with Gasteiger partial charge in [-0.2, -0.15) is 15.0 Å². The second-order valence-electron chi connectivity index (χ2n) is 3.77. The summed E-state index contributed by atoms with van der Waals surface area (Å²) in [6, 6.07) is -0.484. The predicted octanol–water partition coefficient (Wildman–Crippen LogP) is -0.814. The van der Waals surface area contributed by atoms with Crippen LogP contribution in [0, 0.1) is 0 Å². The monoisotopic (exact) mass is 262 g/mol. The van der Waals surface area contributed by atoms with Gasteiger partial charge < -0.3 is 16.4 Å². The van der Waals surface area contributed by atoms with Crippen LogP contribution in [0.3, 0.4) is 0 Å². The first-order valence-corrected chi connectivity index (χ1v) is 5.58. The lowest BCUT2D eigenvalue weighted by molar-refractivity contribution is -0.121. The fourth-order valence-electron chi connectivity index (χ4n) is 1.41. The molecule has 0 aromatic carbocycles. The number of anilines is 2. The van der Waals surface area contributed by atoms with Crippen LogP contribution in [-0.2, 0) is 4.79 Å². The van der Waals surface area contributed by atoms with Crippen LogP contribution in [0.4, 0.5) is 11.9 Å². The maximum absolute atomic E-state index is 11.4. The van der Waals surface area contributed by atoms with E-state index in [-0.39, 0.29) is 17.8 Å². The lowest BCUT2D eigenvalue weighted by Crippen LogP contribution is -2.35. The molecule has 4 N–H and O–H groups in total. The first-order chi connectivity index (χ1) is 9.10. The molecular formula is C10H14N8O. The molecule has 9 heteroatoms. The molecule has 0 aliphatic rings. The Morgan fingerprint density at radius 3 is 2.84 bits per heavy atom. The van der Waals surface area contributed by atoms with Crippen LogP contribution in [0.2, 0.25) is 0 Å². The summed E-state index contributed by atoms with van der Waals surface area (Å²) in [5, 5.41) is 5.37. The number of amides is 1. The third-order valence-corrected chi connectivity index (χ3v) is 2.36. The van der Waals surface area contributed by atoms with Crippen LogP contribution in [0.1, 0.15) is 6.92 Å². The van der Waals surface area contributed by atoms with Crippen molar-refractivity contribution in [3.05, 3.63) is 18.7 Å². The Kier molecular flexibility index (Phi) is 3.55. The zero-order valence-electron chi connectivity index (χ0n) is 10.5. The minimum absolute atomic E-state index is 0.0605. The van der Waals surface area contributed by atoms with E-state index in [4.69, 9.17) is 5.73 Å². The molecule has 0 radical (unpaired) electrons. The smallest absolute Gasteiger partial charge is 0.242 e. The van der Waals surface area contributed by atoms with Crippen LogP contribution in [0.25, 0.3) is 5.95 Å². The van der Waals surface area contributed by atoms with Gasteiger partial charge >= 0.3 is 0 Å². The van der Waals surface area contributed by atoms with Crippen molar-refractivity contribution in [3.8, 4) is 5.95 Å². The van der Waals surface area contributed by atoms with E-state index in [1.54, 1.807) is 37.3 Å². The third kappa shape index (κ3) is 2.94. The van der Waals surface area contributed by atoms with E-state index in [9.17, 15) is 4.79 Å². The highest BCUT2D eigenvalue weighted by Crippen LogP contribution is 2.07. The van der Waals surface area contributed by atoms with Crippen molar-refractivity contribution >= 4 is 17.8 Å². The molecule has 1 atom stereocenters. The van der Waals surface area contributed by atoms with Gasteiger partial charge in [-0.1, -0.05) is 0 Å². The number of nitrogens with one attached hydrogen (secondary N) is 2. The van der Waals surface area contributed by atoms with E-state index in [1.165, 1.54) is 0 Å². The van der Waals surface area contributed by atoms with Gasteiger partial charge in [0.1, 0.15) is 12.4 Å². The minimum atomic E-state index is -0.484. The zero-order valence-corrected chi connectivity index (χ0v) is 10.5. The van der Waals surface area contributed by atoms with Gasteiger partial charge in [-0.3, -0.25) is 9.36 Å². The number of likely N-dealkylation sites (N-methyl/N-ethyl adjacent to an activating group) is 1. The normalized spacial score (nSPS) is 11.9. The fourth-order valence-corrected chi connectivity index (χ4v) is 1.41. The zero-order chi connectivity index (χ0) is 13.8. The number of carbonyl (C=O) groups is 1. The van der Waals surface area contributed by atoms with Crippen molar-refractivity contribution in [2.45, 2.75) is 13.0 Å². The molecule has 2 heterocycles. The lowest BCUT2D eigenvalue weighted by atomic mass is 10.3. The van der Waals surface area contributed by atoms with Gasteiger partial charge in [0.2, 0.25) is 23.8 Å². The molecule has 2 rings (SSSR count). The second kappa shape index (κ2) is 5.29. The Bertz CT molecular complexity index is 567. The molecule has 0 saturated heterocycles. The fraction of sp³-hybridized carbons (Fsp3) is 0.300. The summed E-state index contributed by atoms with van der Waals surface area (Å²) in [6.07, 6.45) is 4.82. The quantitative estimate of drug-likeness (QED) is 0.658. The van der Waals surface area contributed by atoms with E-state index >= 15 is 0 Å². The van der Waals surface area contributed by atoms with Gasteiger partial charge in [-0.15, -0.1) is 0 Å². The molecular weight excluding hydrogens is 248 g/mol. The van der Waals surface area contributed by atoms with Crippen LogP contribution >= 0.6 is 0 Å². The van der Waals surface area contributed by atoms with Crippen LogP contribution in [0.5, 0.6) is 0 Å². The van der Waals surface area contributed by atoms with E-state index < -0.39 is 6.04 Å².